The second-order valence-electron chi connectivity index (χ2n) is 6.76. The van der Waals surface area contributed by atoms with Crippen molar-refractivity contribution in [1.29, 1.82) is 0 Å². The zero-order valence-electron chi connectivity index (χ0n) is 15.5. The molecule has 27 heavy (non-hydrogen) atoms. The van der Waals surface area contributed by atoms with Crippen LogP contribution in [-0.4, -0.2) is 20.3 Å². The standard InChI is InChI=1S/C21H20N4OS/c1-13-6-7-25-11-17(22-19(25)8-13)10-20(26)24-21-23-18(12-27-21)16-5-4-14(2)15(3)9-16/h4-9,11-12H,10H2,1-3H3,(H,23,24,26). The summed E-state index contributed by atoms with van der Waals surface area (Å²) in [6.07, 6.45) is 4.06. The Bertz CT molecular complexity index is 1140. The fraction of sp³-hybridized carbons (Fsp3) is 0.190. The molecule has 0 aliphatic carbocycles. The largest absolute Gasteiger partial charge is 0.307 e. The van der Waals surface area contributed by atoms with Gasteiger partial charge in [0.2, 0.25) is 5.91 Å². The van der Waals surface area contributed by atoms with Gasteiger partial charge in [-0.15, -0.1) is 11.3 Å². The quantitative estimate of drug-likeness (QED) is 0.568. The summed E-state index contributed by atoms with van der Waals surface area (Å²) in [5.41, 5.74) is 7.16. The van der Waals surface area contributed by atoms with E-state index in [9.17, 15) is 4.79 Å². The van der Waals surface area contributed by atoms with Gasteiger partial charge in [-0.25, -0.2) is 9.97 Å². The van der Waals surface area contributed by atoms with Crippen LogP contribution >= 0.6 is 11.3 Å². The highest BCUT2D eigenvalue weighted by atomic mass is 32.1. The number of carbonyl (C=O) groups excluding carboxylic acids is 1. The average molecular weight is 376 g/mol. The first kappa shape index (κ1) is 17.4. The van der Waals surface area contributed by atoms with E-state index < -0.39 is 0 Å². The van der Waals surface area contributed by atoms with Gasteiger partial charge in [-0.05, 0) is 55.7 Å². The molecule has 3 aromatic heterocycles. The summed E-state index contributed by atoms with van der Waals surface area (Å²) < 4.78 is 1.93. The van der Waals surface area contributed by atoms with E-state index in [0.717, 1.165) is 28.2 Å². The Morgan fingerprint density at radius 3 is 2.78 bits per heavy atom. The van der Waals surface area contributed by atoms with Crippen molar-refractivity contribution in [1.82, 2.24) is 14.4 Å². The minimum atomic E-state index is -0.115. The van der Waals surface area contributed by atoms with Gasteiger partial charge in [-0.3, -0.25) is 4.79 Å². The van der Waals surface area contributed by atoms with Crippen LogP contribution in [0.4, 0.5) is 5.13 Å². The van der Waals surface area contributed by atoms with E-state index in [0.29, 0.717) is 5.13 Å². The lowest BCUT2D eigenvalue weighted by Crippen LogP contribution is -2.14. The Morgan fingerprint density at radius 2 is 1.96 bits per heavy atom. The van der Waals surface area contributed by atoms with Crippen molar-refractivity contribution in [3.8, 4) is 11.3 Å². The molecule has 0 radical (unpaired) electrons. The highest BCUT2D eigenvalue weighted by Crippen LogP contribution is 2.26. The summed E-state index contributed by atoms with van der Waals surface area (Å²) in [7, 11) is 0. The summed E-state index contributed by atoms with van der Waals surface area (Å²) in [6.45, 7) is 6.20. The average Bonchev–Trinajstić information content (AvgIpc) is 3.23. The number of thiazole rings is 1. The van der Waals surface area contributed by atoms with E-state index in [4.69, 9.17) is 0 Å². The number of nitrogens with one attached hydrogen (secondary N) is 1. The Hall–Kier alpha value is -2.99. The highest BCUT2D eigenvalue weighted by Gasteiger charge is 2.11. The molecule has 5 nitrogen and oxygen atoms in total. The van der Waals surface area contributed by atoms with Gasteiger partial charge in [0.1, 0.15) is 5.65 Å². The summed E-state index contributed by atoms with van der Waals surface area (Å²) in [4.78, 5) is 21.4. The van der Waals surface area contributed by atoms with Crippen LogP contribution < -0.4 is 5.32 Å². The molecule has 0 fully saturated rings. The summed E-state index contributed by atoms with van der Waals surface area (Å²) >= 11 is 1.43. The molecule has 4 rings (SSSR count). The van der Waals surface area contributed by atoms with Gasteiger partial charge in [-0.1, -0.05) is 12.1 Å². The number of rotatable bonds is 4. The fourth-order valence-corrected chi connectivity index (χ4v) is 3.65. The zero-order valence-corrected chi connectivity index (χ0v) is 16.3. The van der Waals surface area contributed by atoms with Gasteiger partial charge in [0.25, 0.3) is 0 Å². The lowest BCUT2D eigenvalue weighted by atomic mass is 10.1. The van der Waals surface area contributed by atoms with Crippen molar-refractivity contribution in [2.24, 2.45) is 0 Å². The monoisotopic (exact) mass is 376 g/mol. The Balaban J connectivity index is 1.46. The summed E-state index contributed by atoms with van der Waals surface area (Å²) in [6, 6.07) is 10.3. The minimum Gasteiger partial charge on any atom is -0.307 e. The molecule has 0 spiro atoms. The van der Waals surface area contributed by atoms with E-state index in [1.165, 1.54) is 22.5 Å². The van der Waals surface area contributed by atoms with E-state index in [1.807, 2.05) is 41.2 Å². The number of benzene rings is 1. The van der Waals surface area contributed by atoms with Crippen LogP contribution in [0.3, 0.4) is 0 Å². The number of aryl methyl sites for hydroxylation is 3. The number of hydrogen-bond donors (Lipinski definition) is 1. The van der Waals surface area contributed by atoms with Crippen LogP contribution in [0.5, 0.6) is 0 Å². The molecule has 4 aromatic rings. The van der Waals surface area contributed by atoms with Gasteiger partial charge in [-0.2, -0.15) is 0 Å². The molecule has 1 aromatic carbocycles. The third kappa shape index (κ3) is 3.75. The van der Waals surface area contributed by atoms with Gasteiger partial charge in [0.05, 0.1) is 17.8 Å². The van der Waals surface area contributed by atoms with Crippen molar-refractivity contribution in [2.75, 3.05) is 5.32 Å². The first-order chi connectivity index (χ1) is 13.0. The lowest BCUT2D eigenvalue weighted by Gasteiger charge is -2.02. The number of amides is 1. The van der Waals surface area contributed by atoms with Crippen molar-refractivity contribution in [2.45, 2.75) is 27.2 Å². The number of imidazole rings is 1. The first-order valence-electron chi connectivity index (χ1n) is 8.75. The van der Waals surface area contributed by atoms with Crippen LogP contribution in [0.2, 0.25) is 0 Å². The predicted molar refractivity (Wildman–Crippen MR) is 109 cm³/mol. The first-order valence-corrected chi connectivity index (χ1v) is 9.63. The Labute approximate surface area is 161 Å². The molecule has 0 aliphatic heterocycles. The van der Waals surface area contributed by atoms with Gasteiger partial charge in [0, 0.05) is 23.3 Å². The highest BCUT2D eigenvalue weighted by molar-refractivity contribution is 7.14. The smallest absolute Gasteiger partial charge is 0.232 e. The van der Waals surface area contributed by atoms with Crippen molar-refractivity contribution < 1.29 is 4.79 Å². The van der Waals surface area contributed by atoms with Crippen LogP contribution in [0.25, 0.3) is 16.9 Å². The molecule has 6 heteroatoms. The third-order valence-corrected chi connectivity index (χ3v) is 5.32. The molecule has 136 valence electrons. The number of hydrogen-bond acceptors (Lipinski definition) is 4. The number of fused-ring (bicyclic) bond motifs is 1. The van der Waals surface area contributed by atoms with Crippen molar-refractivity contribution >= 4 is 28.0 Å². The van der Waals surface area contributed by atoms with Crippen LogP contribution in [0.1, 0.15) is 22.4 Å². The second-order valence-corrected chi connectivity index (χ2v) is 7.62. The molecule has 0 saturated heterocycles. The molecular formula is C21H20N4OS. The van der Waals surface area contributed by atoms with Crippen molar-refractivity contribution in [3.63, 3.8) is 0 Å². The molecule has 0 saturated carbocycles. The van der Waals surface area contributed by atoms with E-state index in [-0.39, 0.29) is 12.3 Å². The maximum atomic E-state index is 12.4. The van der Waals surface area contributed by atoms with Crippen molar-refractivity contribution in [3.05, 3.63) is 70.5 Å². The number of nitrogens with zero attached hydrogens (tertiary/aromatic N) is 3. The maximum Gasteiger partial charge on any atom is 0.232 e. The maximum absolute atomic E-state index is 12.4. The van der Waals surface area contributed by atoms with E-state index >= 15 is 0 Å². The second kappa shape index (κ2) is 6.96. The SMILES string of the molecule is Cc1ccn2cc(CC(=O)Nc3nc(-c4ccc(C)c(C)c4)cs3)nc2c1. The normalized spacial score (nSPS) is 11.1. The van der Waals surface area contributed by atoms with Crippen LogP contribution in [0, 0.1) is 20.8 Å². The van der Waals surface area contributed by atoms with Crippen LogP contribution in [-0.2, 0) is 11.2 Å². The van der Waals surface area contributed by atoms with Gasteiger partial charge < -0.3 is 9.72 Å². The van der Waals surface area contributed by atoms with Gasteiger partial charge in [0.15, 0.2) is 5.13 Å². The number of carbonyl (C=O) groups is 1. The number of aromatic nitrogens is 3. The molecule has 0 bridgehead atoms. The molecular weight excluding hydrogens is 356 g/mol. The summed E-state index contributed by atoms with van der Waals surface area (Å²) in [5.74, 6) is -0.115. The minimum absolute atomic E-state index is 0.115. The van der Waals surface area contributed by atoms with Crippen LogP contribution in [0.15, 0.2) is 48.1 Å². The van der Waals surface area contributed by atoms with E-state index in [2.05, 4.69) is 47.3 Å². The molecule has 3 heterocycles. The molecule has 1 N–H and O–H groups in total. The van der Waals surface area contributed by atoms with E-state index in [1.54, 1.807) is 0 Å². The third-order valence-electron chi connectivity index (χ3n) is 4.56. The number of pyridine rings is 1. The predicted octanol–water partition coefficient (Wildman–Crippen LogP) is 4.56. The summed E-state index contributed by atoms with van der Waals surface area (Å²) in [5, 5.41) is 5.45. The lowest BCUT2D eigenvalue weighted by molar-refractivity contribution is -0.115. The zero-order chi connectivity index (χ0) is 19.0. The molecule has 0 aliphatic rings. The molecule has 0 unspecified atom stereocenters. The molecule has 0 atom stereocenters. The topological polar surface area (TPSA) is 59.3 Å². The Kier molecular flexibility index (Phi) is 4.49. The number of anilines is 1. The Morgan fingerprint density at radius 1 is 1.11 bits per heavy atom. The molecule has 1 amide bonds. The van der Waals surface area contributed by atoms with Gasteiger partial charge >= 0.3 is 0 Å². The fourth-order valence-electron chi connectivity index (χ4n) is 2.91.